The smallest absolute Gasteiger partial charge is 0.151 e. The van der Waals surface area contributed by atoms with Crippen molar-refractivity contribution in [3.05, 3.63) is 17.8 Å². The minimum atomic E-state index is 0.568. The van der Waals surface area contributed by atoms with E-state index in [1.165, 1.54) is 31.4 Å². The van der Waals surface area contributed by atoms with Crippen LogP contribution in [0.2, 0.25) is 0 Å². The minimum absolute atomic E-state index is 0.568. The Bertz CT molecular complexity index is 366. The summed E-state index contributed by atoms with van der Waals surface area (Å²) in [4.78, 5) is 2.25. The monoisotopic (exact) mass is 232 g/mol. The van der Waals surface area contributed by atoms with Crippen molar-refractivity contribution >= 4 is 5.82 Å². The number of anilines is 1. The lowest BCUT2D eigenvalue weighted by molar-refractivity contribution is 0.408. The van der Waals surface area contributed by atoms with Gasteiger partial charge in [-0.1, -0.05) is 6.42 Å². The average Bonchev–Trinajstić information content (AvgIpc) is 2.80. The van der Waals surface area contributed by atoms with Crippen LogP contribution < -0.4 is 10.2 Å². The van der Waals surface area contributed by atoms with Crippen LogP contribution in [0.4, 0.5) is 5.82 Å². The standard InChI is InChI=1S/C13H20N4/c1-17(11-7-8-14-9-11)13-6-5-12(15-16-13)10-3-2-4-10/h5-6,10-11,14H,2-4,7-9H2,1H3. The Morgan fingerprint density at radius 3 is 2.65 bits per heavy atom. The fourth-order valence-electron chi connectivity index (χ4n) is 2.60. The Morgan fingerprint density at radius 2 is 2.12 bits per heavy atom. The number of aromatic nitrogens is 2. The highest BCUT2D eigenvalue weighted by Gasteiger charge is 2.23. The summed E-state index contributed by atoms with van der Waals surface area (Å²) in [6, 6.07) is 4.85. The van der Waals surface area contributed by atoms with E-state index in [1.807, 2.05) is 0 Å². The molecule has 2 fully saturated rings. The Hall–Kier alpha value is -1.16. The molecule has 1 saturated heterocycles. The zero-order chi connectivity index (χ0) is 11.7. The third kappa shape index (κ3) is 2.14. The van der Waals surface area contributed by atoms with Crippen LogP contribution in [-0.2, 0) is 0 Å². The molecule has 0 amide bonds. The van der Waals surface area contributed by atoms with Gasteiger partial charge in [0, 0.05) is 25.6 Å². The topological polar surface area (TPSA) is 41.1 Å². The van der Waals surface area contributed by atoms with Gasteiger partial charge in [0.25, 0.3) is 0 Å². The molecule has 0 spiro atoms. The fraction of sp³-hybridized carbons (Fsp3) is 0.692. The van der Waals surface area contributed by atoms with Crippen molar-refractivity contribution in [1.82, 2.24) is 15.5 Å². The number of nitrogens with zero attached hydrogens (tertiary/aromatic N) is 3. The molecule has 2 aliphatic rings. The van der Waals surface area contributed by atoms with Crippen LogP contribution in [0.5, 0.6) is 0 Å². The number of likely N-dealkylation sites (N-methyl/N-ethyl adjacent to an activating group) is 1. The van der Waals surface area contributed by atoms with Crippen molar-refractivity contribution in [2.45, 2.75) is 37.6 Å². The van der Waals surface area contributed by atoms with Crippen LogP contribution in [0.1, 0.15) is 37.3 Å². The van der Waals surface area contributed by atoms with Gasteiger partial charge in [0.05, 0.1) is 5.69 Å². The largest absolute Gasteiger partial charge is 0.354 e. The summed E-state index contributed by atoms with van der Waals surface area (Å²) < 4.78 is 0. The van der Waals surface area contributed by atoms with Gasteiger partial charge in [-0.2, -0.15) is 5.10 Å². The van der Waals surface area contributed by atoms with E-state index in [-0.39, 0.29) is 0 Å². The van der Waals surface area contributed by atoms with Crippen molar-refractivity contribution in [1.29, 1.82) is 0 Å². The highest BCUT2D eigenvalue weighted by Crippen LogP contribution is 2.35. The first-order chi connectivity index (χ1) is 8.34. The summed E-state index contributed by atoms with van der Waals surface area (Å²) >= 11 is 0. The molecule has 4 heteroatoms. The third-order valence-electron chi connectivity index (χ3n) is 4.14. The minimum Gasteiger partial charge on any atom is -0.354 e. The summed E-state index contributed by atoms with van der Waals surface area (Å²) in [5.74, 6) is 1.68. The number of hydrogen-bond donors (Lipinski definition) is 1. The molecule has 1 aromatic heterocycles. The summed E-state index contributed by atoms with van der Waals surface area (Å²) in [5, 5.41) is 12.1. The Kier molecular flexibility index (Phi) is 2.97. The van der Waals surface area contributed by atoms with Crippen LogP contribution in [0.3, 0.4) is 0 Å². The predicted molar refractivity (Wildman–Crippen MR) is 68.3 cm³/mol. The van der Waals surface area contributed by atoms with E-state index in [0.717, 1.165) is 18.9 Å². The molecule has 3 rings (SSSR count). The summed E-state index contributed by atoms with van der Waals surface area (Å²) in [7, 11) is 2.12. The van der Waals surface area contributed by atoms with E-state index in [0.29, 0.717) is 12.0 Å². The maximum absolute atomic E-state index is 4.38. The lowest BCUT2D eigenvalue weighted by Gasteiger charge is -2.26. The third-order valence-corrected chi connectivity index (χ3v) is 4.14. The summed E-state index contributed by atoms with van der Waals surface area (Å²) in [6.07, 6.45) is 5.12. The number of rotatable bonds is 3. The van der Waals surface area contributed by atoms with Gasteiger partial charge in [-0.15, -0.1) is 5.10 Å². The van der Waals surface area contributed by atoms with Gasteiger partial charge >= 0.3 is 0 Å². The van der Waals surface area contributed by atoms with Crippen molar-refractivity contribution < 1.29 is 0 Å². The zero-order valence-electron chi connectivity index (χ0n) is 10.4. The molecule has 1 unspecified atom stereocenters. The van der Waals surface area contributed by atoms with Gasteiger partial charge in [-0.3, -0.25) is 0 Å². The van der Waals surface area contributed by atoms with Crippen molar-refractivity contribution in [2.75, 3.05) is 25.0 Å². The molecule has 17 heavy (non-hydrogen) atoms. The second kappa shape index (κ2) is 4.61. The molecule has 1 aliphatic carbocycles. The fourth-order valence-corrected chi connectivity index (χ4v) is 2.60. The van der Waals surface area contributed by atoms with Crippen LogP contribution in [-0.4, -0.2) is 36.4 Å². The van der Waals surface area contributed by atoms with Crippen LogP contribution in [0, 0.1) is 0 Å². The summed E-state index contributed by atoms with van der Waals surface area (Å²) in [5.41, 5.74) is 1.18. The molecule has 0 radical (unpaired) electrons. The van der Waals surface area contributed by atoms with Crippen molar-refractivity contribution in [3.8, 4) is 0 Å². The molecule has 1 saturated carbocycles. The molecule has 92 valence electrons. The maximum atomic E-state index is 4.38. The molecule has 1 aromatic rings. The van der Waals surface area contributed by atoms with E-state index in [1.54, 1.807) is 0 Å². The molecule has 1 aliphatic heterocycles. The molecule has 0 aromatic carbocycles. The van der Waals surface area contributed by atoms with E-state index in [9.17, 15) is 0 Å². The second-order valence-corrected chi connectivity index (χ2v) is 5.20. The van der Waals surface area contributed by atoms with E-state index < -0.39 is 0 Å². The molecule has 1 N–H and O–H groups in total. The van der Waals surface area contributed by atoms with E-state index in [4.69, 9.17) is 0 Å². The first-order valence-electron chi connectivity index (χ1n) is 6.62. The Labute approximate surface area is 102 Å². The van der Waals surface area contributed by atoms with Gasteiger partial charge < -0.3 is 10.2 Å². The first-order valence-corrected chi connectivity index (χ1v) is 6.62. The normalized spacial score (nSPS) is 24.6. The molecular weight excluding hydrogens is 212 g/mol. The van der Waals surface area contributed by atoms with Gasteiger partial charge in [-0.05, 0) is 37.9 Å². The van der Waals surface area contributed by atoms with Gasteiger partial charge in [0.1, 0.15) is 0 Å². The zero-order valence-corrected chi connectivity index (χ0v) is 10.4. The molecule has 4 nitrogen and oxygen atoms in total. The van der Waals surface area contributed by atoms with E-state index in [2.05, 4.69) is 39.6 Å². The lowest BCUT2D eigenvalue weighted by atomic mass is 9.83. The SMILES string of the molecule is CN(c1ccc(C2CCC2)nn1)C1CCNC1. The Balaban J connectivity index is 1.69. The molecular formula is C13H20N4. The first kappa shape index (κ1) is 11.0. The number of hydrogen-bond acceptors (Lipinski definition) is 4. The maximum Gasteiger partial charge on any atom is 0.151 e. The quantitative estimate of drug-likeness (QED) is 0.858. The summed E-state index contributed by atoms with van der Waals surface area (Å²) in [6.45, 7) is 2.17. The van der Waals surface area contributed by atoms with Crippen LogP contribution in [0.25, 0.3) is 0 Å². The molecule has 1 atom stereocenters. The van der Waals surface area contributed by atoms with Crippen molar-refractivity contribution in [3.63, 3.8) is 0 Å². The van der Waals surface area contributed by atoms with Gasteiger partial charge in [0.2, 0.25) is 0 Å². The average molecular weight is 232 g/mol. The van der Waals surface area contributed by atoms with E-state index >= 15 is 0 Å². The number of nitrogens with one attached hydrogen (secondary N) is 1. The second-order valence-electron chi connectivity index (χ2n) is 5.20. The molecule has 2 heterocycles. The van der Waals surface area contributed by atoms with Gasteiger partial charge in [0.15, 0.2) is 5.82 Å². The predicted octanol–water partition coefficient (Wildman–Crippen LogP) is 1.54. The molecule has 0 bridgehead atoms. The highest BCUT2D eigenvalue weighted by atomic mass is 15.3. The highest BCUT2D eigenvalue weighted by molar-refractivity contribution is 5.38. The van der Waals surface area contributed by atoms with Gasteiger partial charge in [-0.25, -0.2) is 0 Å². The lowest BCUT2D eigenvalue weighted by Crippen LogP contribution is -2.34. The van der Waals surface area contributed by atoms with Crippen LogP contribution in [0.15, 0.2) is 12.1 Å². The Morgan fingerprint density at radius 1 is 1.24 bits per heavy atom. The van der Waals surface area contributed by atoms with Crippen molar-refractivity contribution in [2.24, 2.45) is 0 Å². The van der Waals surface area contributed by atoms with Crippen LogP contribution >= 0.6 is 0 Å².